The zero-order valence-electron chi connectivity index (χ0n) is 20.0. The van der Waals surface area contributed by atoms with E-state index in [0.717, 1.165) is 55.1 Å². The number of phenols is 1. The van der Waals surface area contributed by atoms with E-state index in [1.54, 1.807) is 18.2 Å². The van der Waals surface area contributed by atoms with Gasteiger partial charge in [-0.05, 0) is 77.1 Å². The van der Waals surface area contributed by atoms with Gasteiger partial charge in [-0.15, -0.1) is 0 Å². The van der Waals surface area contributed by atoms with E-state index in [9.17, 15) is 9.90 Å². The summed E-state index contributed by atoms with van der Waals surface area (Å²) in [5.74, 6) is -0.0682. The monoisotopic (exact) mass is 436 g/mol. The predicted molar refractivity (Wildman–Crippen MR) is 131 cm³/mol. The highest BCUT2D eigenvalue weighted by Gasteiger charge is 2.38. The van der Waals surface area contributed by atoms with E-state index in [1.807, 2.05) is 6.07 Å². The maximum Gasteiger partial charge on any atom is 0.328 e. The summed E-state index contributed by atoms with van der Waals surface area (Å²) in [7, 11) is 0. The van der Waals surface area contributed by atoms with E-state index >= 15 is 0 Å². The van der Waals surface area contributed by atoms with Crippen molar-refractivity contribution in [3.05, 3.63) is 53.1 Å². The molecule has 32 heavy (non-hydrogen) atoms. The molecule has 3 rings (SSSR count). The first-order valence-corrected chi connectivity index (χ1v) is 11.6. The molecule has 0 saturated heterocycles. The van der Waals surface area contributed by atoms with Crippen LogP contribution in [0.15, 0.2) is 36.4 Å². The number of aliphatic carboxylic acids is 1. The first-order chi connectivity index (χ1) is 15.0. The largest absolute Gasteiger partial charge is 0.507 e. The van der Waals surface area contributed by atoms with Crippen LogP contribution in [-0.4, -0.2) is 22.8 Å². The molecule has 2 aromatic carbocycles. The number of hydrogen-bond acceptors (Lipinski definition) is 3. The Morgan fingerprint density at radius 3 is 2.28 bits per heavy atom. The van der Waals surface area contributed by atoms with Crippen LogP contribution in [0.5, 0.6) is 11.5 Å². The lowest BCUT2D eigenvalue weighted by atomic mass is 9.62. The van der Waals surface area contributed by atoms with Crippen molar-refractivity contribution in [3.63, 3.8) is 0 Å². The van der Waals surface area contributed by atoms with Crippen LogP contribution < -0.4 is 4.74 Å². The first-order valence-electron chi connectivity index (χ1n) is 11.6. The van der Waals surface area contributed by atoms with Crippen LogP contribution in [-0.2, 0) is 15.6 Å². The van der Waals surface area contributed by atoms with Crippen molar-refractivity contribution in [2.45, 2.75) is 77.6 Å². The third-order valence-corrected chi connectivity index (χ3v) is 6.69. The van der Waals surface area contributed by atoms with E-state index < -0.39 is 5.97 Å². The van der Waals surface area contributed by atoms with Gasteiger partial charge in [0.05, 0.1) is 6.61 Å². The number of carboxylic acid groups (broad SMARTS) is 1. The topological polar surface area (TPSA) is 66.8 Å². The summed E-state index contributed by atoms with van der Waals surface area (Å²) in [5, 5.41) is 19.7. The predicted octanol–water partition coefficient (Wildman–Crippen LogP) is 7.08. The van der Waals surface area contributed by atoms with Gasteiger partial charge in [-0.1, -0.05) is 53.5 Å². The van der Waals surface area contributed by atoms with Gasteiger partial charge in [-0.3, -0.25) is 0 Å². The van der Waals surface area contributed by atoms with Gasteiger partial charge in [0.2, 0.25) is 0 Å². The molecule has 0 aromatic heterocycles. The number of phenolic OH excluding ortho intramolecular Hbond substituents is 1. The molecule has 2 N–H and O–H groups in total. The number of hydrogen-bond donors (Lipinski definition) is 2. The Hall–Kier alpha value is -2.75. The fraction of sp³-hybridized carbons (Fsp3) is 0.464. The van der Waals surface area contributed by atoms with Crippen LogP contribution in [0.25, 0.3) is 17.2 Å². The number of aromatic hydroxyl groups is 1. The molecule has 0 saturated carbocycles. The summed E-state index contributed by atoms with van der Waals surface area (Å²) >= 11 is 0. The molecule has 4 nitrogen and oxygen atoms in total. The number of carboxylic acids is 1. The van der Waals surface area contributed by atoms with Gasteiger partial charge in [-0.2, -0.15) is 0 Å². The molecule has 0 amide bonds. The Morgan fingerprint density at radius 1 is 1.00 bits per heavy atom. The summed E-state index contributed by atoms with van der Waals surface area (Å²) in [6.45, 7) is 11.9. The third-order valence-electron chi connectivity index (χ3n) is 6.69. The number of fused-ring (bicyclic) bond motifs is 1. The van der Waals surface area contributed by atoms with Crippen molar-refractivity contribution in [1.82, 2.24) is 0 Å². The van der Waals surface area contributed by atoms with Gasteiger partial charge in [0, 0.05) is 17.2 Å². The average molecular weight is 437 g/mol. The number of carbonyl (C=O) groups is 1. The Bertz CT molecular complexity index is 1010. The van der Waals surface area contributed by atoms with Gasteiger partial charge in [0.25, 0.3) is 0 Å². The average Bonchev–Trinajstić information content (AvgIpc) is 2.73. The van der Waals surface area contributed by atoms with Crippen LogP contribution >= 0.6 is 0 Å². The molecule has 0 radical (unpaired) electrons. The second-order valence-electron chi connectivity index (χ2n) is 10.2. The number of benzene rings is 2. The van der Waals surface area contributed by atoms with Gasteiger partial charge < -0.3 is 14.9 Å². The lowest BCUT2D eigenvalue weighted by Gasteiger charge is -2.42. The Kier molecular flexibility index (Phi) is 7.02. The van der Waals surface area contributed by atoms with Crippen LogP contribution in [0.3, 0.4) is 0 Å². The molecule has 0 spiro atoms. The van der Waals surface area contributed by atoms with E-state index in [-0.39, 0.29) is 16.6 Å². The van der Waals surface area contributed by atoms with E-state index in [1.165, 1.54) is 11.1 Å². The molecule has 0 aliphatic heterocycles. The van der Waals surface area contributed by atoms with Crippen molar-refractivity contribution in [3.8, 4) is 22.6 Å². The standard InChI is InChI=1S/C28H36O4/c1-6-7-8-15-32-25-18-23-22(27(2,3)13-14-28(23,4)5)17-21(25)20-16-19(9-11-24(20)29)10-12-26(30)31/h9-12,16-18,29H,6-8,13-15H2,1-5H3,(H,30,31)/b12-10-. The van der Waals surface area contributed by atoms with Crippen molar-refractivity contribution in [2.75, 3.05) is 6.61 Å². The number of ether oxygens (including phenoxy) is 1. The molecule has 1 aliphatic rings. The van der Waals surface area contributed by atoms with Crippen LogP contribution in [0, 0.1) is 0 Å². The smallest absolute Gasteiger partial charge is 0.328 e. The second kappa shape index (κ2) is 9.40. The highest BCUT2D eigenvalue weighted by atomic mass is 16.5. The fourth-order valence-corrected chi connectivity index (χ4v) is 4.50. The second-order valence-corrected chi connectivity index (χ2v) is 10.2. The highest BCUT2D eigenvalue weighted by molar-refractivity contribution is 5.86. The van der Waals surface area contributed by atoms with Gasteiger partial charge >= 0.3 is 5.97 Å². The van der Waals surface area contributed by atoms with Crippen molar-refractivity contribution >= 4 is 12.0 Å². The molecule has 2 aromatic rings. The zero-order valence-corrected chi connectivity index (χ0v) is 20.0. The summed E-state index contributed by atoms with van der Waals surface area (Å²) in [5.41, 5.74) is 4.91. The normalized spacial score (nSPS) is 16.7. The summed E-state index contributed by atoms with van der Waals surface area (Å²) < 4.78 is 6.29. The van der Waals surface area contributed by atoms with Gasteiger partial charge in [-0.25, -0.2) is 4.79 Å². The molecule has 0 heterocycles. The molecule has 4 heteroatoms. The minimum absolute atomic E-state index is 0.0246. The van der Waals surface area contributed by atoms with Crippen LogP contribution in [0.4, 0.5) is 0 Å². The van der Waals surface area contributed by atoms with Gasteiger partial charge in [0.15, 0.2) is 0 Å². The quantitative estimate of drug-likeness (QED) is 0.343. The SMILES string of the molecule is CCCCCOc1cc2c(cc1-c1cc(/C=C\C(=O)O)ccc1O)C(C)(C)CCC2(C)C. The van der Waals surface area contributed by atoms with Gasteiger partial charge in [0.1, 0.15) is 11.5 Å². The van der Waals surface area contributed by atoms with Crippen molar-refractivity contribution in [1.29, 1.82) is 0 Å². The molecule has 0 bridgehead atoms. The van der Waals surface area contributed by atoms with Crippen molar-refractivity contribution < 1.29 is 19.7 Å². The molecule has 0 fully saturated rings. The molecular weight excluding hydrogens is 400 g/mol. The lowest BCUT2D eigenvalue weighted by Crippen LogP contribution is -2.34. The Morgan fingerprint density at radius 2 is 1.66 bits per heavy atom. The van der Waals surface area contributed by atoms with Crippen LogP contribution in [0.2, 0.25) is 0 Å². The summed E-state index contributed by atoms with van der Waals surface area (Å²) in [6, 6.07) is 9.52. The van der Waals surface area contributed by atoms with E-state index in [0.29, 0.717) is 12.2 Å². The van der Waals surface area contributed by atoms with E-state index in [4.69, 9.17) is 9.84 Å². The molecule has 172 valence electrons. The molecule has 1 aliphatic carbocycles. The maximum atomic E-state index is 11.0. The highest BCUT2D eigenvalue weighted by Crippen LogP contribution is 2.50. The lowest BCUT2D eigenvalue weighted by molar-refractivity contribution is -0.131. The van der Waals surface area contributed by atoms with Crippen molar-refractivity contribution in [2.24, 2.45) is 0 Å². The Balaban J connectivity index is 2.17. The third kappa shape index (κ3) is 5.17. The fourth-order valence-electron chi connectivity index (χ4n) is 4.50. The Labute approximate surface area is 191 Å². The maximum absolute atomic E-state index is 11.0. The first kappa shape index (κ1) is 23.9. The minimum atomic E-state index is -1.00. The summed E-state index contributed by atoms with van der Waals surface area (Å²) in [4.78, 5) is 11.0. The van der Waals surface area contributed by atoms with Crippen LogP contribution in [0.1, 0.15) is 83.4 Å². The molecule has 0 atom stereocenters. The zero-order chi connectivity index (χ0) is 23.5. The minimum Gasteiger partial charge on any atom is -0.507 e. The number of unbranched alkanes of at least 4 members (excludes halogenated alkanes) is 2. The molecule has 0 unspecified atom stereocenters. The number of rotatable bonds is 8. The van der Waals surface area contributed by atoms with E-state index in [2.05, 4.69) is 46.8 Å². The summed E-state index contributed by atoms with van der Waals surface area (Å²) in [6.07, 6.45) is 8.07. The molecular formula is C28H36O4.